The van der Waals surface area contributed by atoms with E-state index in [1.165, 1.54) is 50.2 Å². The lowest BCUT2D eigenvalue weighted by Gasteiger charge is -2.17. The van der Waals surface area contributed by atoms with Crippen molar-refractivity contribution >= 4 is 115 Å². The molecular weight excluding hydrogens is 1950 g/mol. The number of anilines is 4. The summed E-state index contributed by atoms with van der Waals surface area (Å²) in [4.78, 5) is 33.3. The van der Waals surface area contributed by atoms with Crippen molar-refractivity contribution in [3.63, 3.8) is 0 Å². The topological polar surface area (TPSA) is 554 Å². The van der Waals surface area contributed by atoms with Crippen molar-refractivity contribution in [1.29, 1.82) is 0 Å². The van der Waals surface area contributed by atoms with E-state index in [0.29, 0.717) is 68.0 Å². The van der Waals surface area contributed by atoms with E-state index in [9.17, 15) is 78.8 Å². The van der Waals surface area contributed by atoms with Gasteiger partial charge in [0.15, 0.2) is 88.6 Å². The number of ether oxygens (including phenoxy) is 4. The molecule has 16 N–H and O–H groups in total. The van der Waals surface area contributed by atoms with Gasteiger partial charge in [-0.2, -0.15) is 0 Å². The molecule has 12 aromatic rings. The van der Waals surface area contributed by atoms with Crippen LogP contribution in [0.2, 0.25) is 0 Å². The second-order valence-corrected chi connectivity index (χ2v) is 34.9. The number of nitrogens with one attached hydrogen (secondary N) is 4. The summed E-state index contributed by atoms with van der Waals surface area (Å²) < 4.78 is 477. The van der Waals surface area contributed by atoms with Gasteiger partial charge in [0.2, 0.25) is 0 Å². The summed E-state index contributed by atoms with van der Waals surface area (Å²) in [5, 5.41) is 166. The third-order valence-electron chi connectivity index (χ3n) is 22.0. The number of thioether (sulfide) groups is 4. The Labute approximate surface area is 911 Å². The largest absolute Gasteiger partial charge is 0.394 e. The molecule has 8 aromatic heterocycles. The van der Waals surface area contributed by atoms with Crippen LogP contribution in [0.1, 0.15) is 263 Å². The number of benzene rings is 4. The molecule has 0 bridgehead atoms. The zero-order valence-electron chi connectivity index (χ0n) is 124. The summed E-state index contributed by atoms with van der Waals surface area (Å²) >= 11 is 1.23. The molecule has 8 aliphatic rings. The molecule has 48 heteroatoms. The van der Waals surface area contributed by atoms with Crippen LogP contribution in [-0.2, 0) is 18.9 Å². The Hall–Kier alpha value is -9.52. The third-order valence-corrected chi connectivity index (χ3v) is 24.9. The van der Waals surface area contributed by atoms with Crippen molar-refractivity contribution in [1.82, 2.24) is 99.8 Å². The predicted molar refractivity (Wildman–Crippen MR) is 530 cm³/mol. The normalized spacial score (nSPS) is 45.1. The fraction of sp³-hybridized carbons (Fsp3) is 0.583. The monoisotopic (exact) mass is 2120 g/mol. The highest BCUT2D eigenvalue weighted by molar-refractivity contribution is 7.99. The number of hydrogen-bond donors (Lipinski definition) is 16. The average Bonchev–Trinajstić information content (AvgIpc) is 1.48. The van der Waals surface area contributed by atoms with Gasteiger partial charge in [0.05, 0.1) is 139 Å². The lowest BCUT2D eigenvalue weighted by Crippen LogP contribution is -2.33. The van der Waals surface area contributed by atoms with E-state index in [1.807, 2.05) is 0 Å². The number of aryl methyl sites for hydroxylation is 4. The summed E-state index contributed by atoms with van der Waals surface area (Å²) in [6, 6.07) is -3.58. The van der Waals surface area contributed by atoms with E-state index >= 15 is 0 Å². The molecular formula is C96H124F4N24O16S4. The molecule has 8 heterocycles. The molecule has 8 aliphatic carbocycles. The fourth-order valence-electron chi connectivity index (χ4n) is 14.3. The zero-order valence-corrected chi connectivity index (χ0v) is 79.7. The second kappa shape index (κ2) is 47.3. The zero-order chi connectivity index (χ0) is 145. The molecule has 0 saturated heterocycles. The van der Waals surface area contributed by atoms with Crippen LogP contribution >= 0.6 is 47.0 Å². The summed E-state index contributed by atoms with van der Waals surface area (Å²) in [5.41, 5.74) is -10.6. The average molecular weight is 2120 g/mol. The molecule has 0 amide bonds. The predicted octanol–water partition coefficient (Wildman–Crippen LogP) is 8.73. The van der Waals surface area contributed by atoms with E-state index in [0.717, 1.165) is 13.8 Å². The van der Waals surface area contributed by atoms with E-state index in [2.05, 4.69) is 107 Å². The van der Waals surface area contributed by atoms with Crippen molar-refractivity contribution in [2.75, 3.05) is 96.8 Å². The van der Waals surface area contributed by atoms with Crippen LogP contribution in [0.3, 0.4) is 0 Å². The molecule has 8 saturated carbocycles. The number of aliphatic hydroxyl groups is 12. The third kappa shape index (κ3) is 23.8. The Morgan fingerprint density at radius 3 is 0.882 bits per heavy atom. The van der Waals surface area contributed by atoms with Crippen LogP contribution in [0.5, 0.6) is 0 Å². The smallest absolute Gasteiger partial charge is 0.191 e. The van der Waals surface area contributed by atoms with Gasteiger partial charge in [0.1, 0.15) is 71.9 Å². The maximum Gasteiger partial charge on any atom is 0.191 e. The summed E-state index contributed by atoms with van der Waals surface area (Å²) in [6.45, 7) is -8.11. The molecule has 4 aromatic carbocycles. The van der Waals surface area contributed by atoms with Gasteiger partial charge in [-0.3, -0.25) is 0 Å². The van der Waals surface area contributed by atoms with Gasteiger partial charge < -0.3 is 101 Å². The van der Waals surface area contributed by atoms with Crippen LogP contribution in [0.15, 0.2) is 93.4 Å². The molecule has 144 heavy (non-hydrogen) atoms. The first-order valence-corrected chi connectivity index (χ1v) is 46.6. The highest BCUT2D eigenvalue weighted by Crippen LogP contribution is 2.50. The summed E-state index contributed by atoms with van der Waals surface area (Å²) in [5.74, 6) is -5.66. The molecule has 0 spiro atoms. The lowest BCUT2D eigenvalue weighted by molar-refractivity contribution is -0.0629. The van der Waals surface area contributed by atoms with Gasteiger partial charge in [-0.15, -0.1) is 20.4 Å². The van der Waals surface area contributed by atoms with Crippen molar-refractivity contribution < 1.29 is 164 Å². The van der Waals surface area contributed by atoms with E-state index in [1.54, 1.807) is 64.1 Å². The number of hydrogen-bond acceptors (Lipinski definition) is 40. The van der Waals surface area contributed by atoms with E-state index < -0.39 is 342 Å². The number of rotatable bonds is 40. The summed E-state index contributed by atoms with van der Waals surface area (Å²) in [6.07, 6.45) is -68.8. The lowest BCUT2D eigenvalue weighted by atomic mass is 10.1. The van der Waals surface area contributed by atoms with Gasteiger partial charge in [-0.1, -0.05) is 144 Å². The van der Waals surface area contributed by atoms with Crippen molar-refractivity contribution in [2.24, 2.45) is 0 Å². The minimum absolute atomic E-state index is 0.0440. The first-order valence-electron chi connectivity index (χ1n) is 67.3. The van der Waals surface area contributed by atoms with Crippen LogP contribution in [0, 0.1) is 51.0 Å². The van der Waals surface area contributed by atoms with Crippen LogP contribution in [0.4, 0.5) is 40.8 Å². The highest BCUT2D eigenvalue weighted by Gasteiger charge is 2.51. The van der Waals surface area contributed by atoms with Crippen LogP contribution in [0.25, 0.3) is 44.7 Å². The number of nitrogens with zero attached hydrogens (tertiary/aromatic N) is 20. The summed E-state index contributed by atoms with van der Waals surface area (Å²) in [7, 11) is 0. The first kappa shape index (κ1) is 60.8. The number of halogens is 4. The minimum atomic E-state index is -4.33. The maximum atomic E-state index is 14.3. The van der Waals surface area contributed by atoms with Crippen LogP contribution in [-0.4, -0.2) is 334 Å². The molecule has 8 fully saturated rings. The highest BCUT2D eigenvalue weighted by atomic mass is 32.2. The molecule has 20 rings (SSSR count). The number of aromatic nitrogens is 20. The second-order valence-electron chi connectivity index (χ2n) is 31.6. The van der Waals surface area contributed by atoms with Gasteiger partial charge in [0, 0.05) is 123 Å². The molecule has 776 valence electrons. The number of fused-ring (bicyclic) bond motifs is 4. The fourth-order valence-corrected chi connectivity index (χ4v) is 16.4. The first-order chi connectivity index (χ1) is 86.7. The Kier molecular flexibility index (Phi) is 20.0. The van der Waals surface area contributed by atoms with E-state index in [4.69, 9.17) is 80.0 Å². The van der Waals surface area contributed by atoms with Crippen LogP contribution < -0.4 is 21.3 Å². The molecule has 24 atom stereocenters. The Morgan fingerprint density at radius 2 is 0.632 bits per heavy atom. The Bertz CT molecular complexity index is 9120. The van der Waals surface area contributed by atoms with Crippen molar-refractivity contribution in [3.8, 4) is 0 Å². The molecule has 40 nitrogen and oxygen atoms in total. The molecule has 0 unspecified atom stereocenters. The van der Waals surface area contributed by atoms with Gasteiger partial charge >= 0.3 is 0 Å². The minimum Gasteiger partial charge on any atom is -0.394 e. The Morgan fingerprint density at radius 1 is 0.361 bits per heavy atom. The maximum absolute atomic E-state index is 14.3. The van der Waals surface area contributed by atoms with Crippen molar-refractivity contribution in [2.45, 2.75) is 298 Å². The van der Waals surface area contributed by atoms with Gasteiger partial charge in [-0.05, 0) is 148 Å². The van der Waals surface area contributed by atoms with Gasteiger partial charge in [-0.25, -0.2) is 76.2 Å². The SMILES string of the molecule is [2H]C([2H])(C)C([2H])([2H])Sc1nc(N[C@]2([2H])C[C@H]2c2ccc(C)c(F)c2)c2nnn([C@]3([2H])C([2H])([2H])[C@]([2H])(OCCO)[C@@]([2H])(O)[C@@]3([2H])O)c2n1.[2H]C([2H])(CC)Sc1nc(N[C@]2([2H])C[C@H]2c2ccc(C)c(F)c2)c2nnn([C@]3([2H])C([2H])([2H])[C@]([2H])(OC([2H])([2H])C([2H])([2H])O)[C@@]([2H])(O)[C@@]3([2H])O)c2n1.[2H]C([2H])(CO)O[C@@]1([2H])C([2H])([2H])[C@@]([2H])(n2nnc3c(N[C@]4([2H])C[C@H]4c4ccc(C)c(F)c4)nc(SC([2H])([2H])CC)nc32)[C@]([2H])(O)[C@]1([2H])O.[2H]C([2H])(O)CO[C@@]1([2H])C([2H])([2H])[C@@]([2H])(n2nnc3c(N[C@]4([2H])C[C@H]4c4ccc(C)c(F)c4)nc(SC([2H])([2H])C([2H])([2H])C)nc32)[C@]([2H])(O)[C@]1([2H])O. The quantitative estimate of drug-likeness (QED) is 0.00969. The van der Waals surface area contributed by atoms with E-state index in [-0.39, 0.29) is 109 Å². The van der Waals surface area contributed by atoms with Crippen molar-refractivity contribution in [3.05, 3.63) is 141 Å². The molecule has 0 radical (unpaired) electrons. The molecule has 0 aliphatic heterocycles. The van der Waals surface area contributed by atoms with Gasteiger partial charge in [0.25, 0.3) is 0 Å². The Balaban J connectivity index is 0.000000167. The number of aliphatic hydroxyl groups excluding tert-OH is 2. The standard InChI is InChI=1S/4C24H31FN6O4S/c4*1-3-8-36-24-27-22(26-16-10-14(16)13-5-4-12(2)15(25)9-13)19-23(28-24)31(30-29-19)17-11-18(35-7-6-32)21(34)20(17)33/h4*4-5,9,14,16-18,20-21,32-34H,3,6-8,10-11H2,1-2H3,(H,26,27,28)/t4*14-,16+,17+,18-,20-,21+/m0000/s1/i6D2,7D2,8D2,11D2,16D,17D,18D,20D,21D;3D2,6D2,8D2,11D2,16D,17D,18D,20D,21D;7D2,8D2,11D2,16D,17D,18D,20D,21D;3D2,8D2,11D2,16D,17D,18D,20D,21D.